The number of hydrogen-bond acceptors (Lipinski definition) is 2. The first-order chi connectivity index (χ1) is 8.15. The van der Waals surface area contributed by atoms with Crippen molar-refractivity contribution in [2.45, 2.75) is 31.9 Å². The molecule has 1 unspecified atom stereocenters. The Morgan fingerprint density at radius 3 is 2.94 bits per heavy atom. The molecule has 1 N–H and O–H groups in total. The van der Waals surface area contributed by atoms with Gasteiger partial charge < -0.3 is 10.1 Å². The number of hydrogen-bond donors (Lipinski definition) is 1. The predicted octanol–water partition coefficient (Wildman–Crippen LogP) is 3.35. The van der Waals surface area contributed by atoms with Crippen molar-refractivity contribution >= 4 is 15.9 Å². The minimum atomic E-state index is -2.77. The van der Waals surface area contributed by atoms with Gasteiger partial charge in [-0.1, -0.05) is 15.9 Å². The van der Waals surface area contributed by atoms with Gasteiger partial charge in [0, 0.05) is 10.5 Å². The average molecular weight is 306 g/mol. The van der Waals surface area contributed by atoms with E-state index in [1.165, 1.54) is 0 Å². The molecule has 2 nitrogen and oxygen atoms in total. The summed E-state index contributed by atoms with van der Waals surface area (Å²) in [5.41, 5.74) is 0.819. The van der Waals surface area contributed by atoms with Gasteiger partial charge in [-0.2, -0.15) is 8.78 Å². The zero-order valence-electron chi connectivity index (χ0n) is 9.26. The SMILES string of the molecule is FC(F)Oc1ccc(Br)cc1CC1CCCN1. The lowest BCUT2D eigenvalue weighted by atomic mass is 10.0. The summed E-state index contributed by atoms with van der Waals surface area (Å²) in [6.45, 7) is -1.77. The largest absolute Gasteiger partial charge is 0.435 e. The van der Waals surface area contributed by atoms with Crippen molar-refractivity contribution in [1.82, 2.24) is 5.32 Å². The normalized spacial score (nSPS) is 19.9. The van der Waals surface area contributed by atoms with Gasteiger partial charge in [-0.25, -0.2) is 0 Å². The maximum Gasteiger partial charge on any atom is 0.387 e. The Kier molecular flexibility index (Phi) is 4.34. The minimum absolute atomic E-state index is 0.275. The summed E-state index contributed by atoms with van der Waals surface area (Å²) in [6.07, 6.45) is 2.95. The molecule has 1 saturated heterocycles. The molecule has 1 aliphatic heterocycles. The number of halogens is 3. The van der Waals surface area contributed by atoms with Crippen LogP contribution in [-0.2, 0) is 6.42 Å². The van der Waals surface area contributed by atoms with E-state index >= 15 is 0 Å². The average Bonchev–Trinajstić information content (AvgIpc) is 2.74. The van der Waals surface area contributed by atoms with E-state index in [-0.39, 0.29) is 5.75 Å². The van der Waals surface area contributed by atoms with Crippen LogP contribution in [-0.4, -0.2) is 19.2 Å². The standard InChI is InChI=1S/C12H14BrF2NO/c13-9-3-4-11(17-12(14)15)8(6-9)7-10-2-1-5-16-10/h3-4,6,10,12,16H,1-2,5,7H2. The van der Waals surface area contributed by atoms with Crippen LogP contribution in [0.5, 0.6) is 5.75 Å². The highest BCUT2D eigenvalue weighted by Gasteiger charge is 2.18. The first kappa shape index (κ1) is 12.8. The highest BCUT2D eigenvalue weighted by Crippen LogP contribution is 2.27. The molecule has 1 heterocycles. The highest BCUT2D eigenvalue weighted by atomic mass is 79.9. The van der Waals surface area contributed by atoms with Crippen LogP contribution in [0.2, 0.25) is 0 Å². The molecule has 0 saturated carbocycles. The summed E-state index contributed by atoms with van der Waals surface area (Å²) < 4.78 is 29.9. The number of rotatable bonds is 4. The molecular formula is C12H14BrF2NO. The Balaban J connectivity index is 2.13. The third-order valence-electron chi connectivity index (χ3n) is 2.87. The van der Waals surface area contributed by atoms with E-state index < -0.39 is 6.61 Å². The molecule has 2 rings (SSSR count). The van der Waals surface area contributed by atoms with Crippen LogP contribution in [0, 0.1) is 0 Å². The van der Waals surface area contributed by atoms with Crippen LogP contribution in [0.15, 0.2) is 22.7 Å². The van der Waals surface area contributed by atoms with E-state index in [1.807, 2.05) is 6.07 Å². The first-order valence-electron chi connectivity index (χ1n) is 5.62. The highest BCUT2D eigenvalue weighted by molar-refractivity contribution is 9.10. The lowest BCUT2D eigenvalue weighted by Gasteiger charge is -2.15. The Morgan fingerprint density at radius 1 is 1.47 bits per heavy atom. The second kappa shape index (κ2) is 5.78. The fraction of sp³-hybridized carbons (Fsp3) is 0.500. The van der Waals surface area contributed by atoms with E-state index in [4.69, 9.17) is 0 Å². The molecule has 1 aromatic rings. The number of alkyl halides is 2. The maximum absolute atomic E-state index is 12.3. The Hall–Kier alpha value is -0.680. The number of benzene rings is 1. The molecule has 94 valence electrons. The van der Waals surface area contributed by atoms with Crippen LogP contribution < -0.4 is 10.1 Å². The molecular weight excluding hydrogens is 292 g/mol. The quantitative estimate of drug-likeness (QED) is 0.921. The van der Waals surface area contributed by atoms with Crippen molar-refractivity contribution < 1.29 is 13.5 Å². The zero-order chi connectivity index (χ0) is 12.3. The second-order valence-electron chi connectivity index (χ2n) is 4.13. The van der Waals surface area contributed by atoms with Gasteiger partial charge in [0.1, 0.15) is 5.75 Å². The smallest absolute Gasteiger partial charge is 0.387 e. The topological polar surface area (TPSA) is 21.3 Å². The van der Waals surface area contributed by atoms with E-state index in [9.17, 15) is 8.78 Å². The zero-order valence-corrected chi connectivity index (χ0v) is 10.8. The second-order valence-corrected chi connectivity index (χ2v) is 5.04. The lowest BCUT2D eigenvalue weighted by molar-refractivity contribution is -0.0505. The third kappa shape index (κ3) is 3.64. The molecule has 5 heteroatoms. The van der Waals surface area contributed by atoms with Gasteiger partial charge in [-0.15, -0.1) is 0 Å². The van der Waals surface area contributed by atoms with Gasteiger partial charge in [0.25, 0.3) is 0 Å². The van der Waals surface area contributed by atoms with Crippen molar-refractivity contribution in [3.05, 3.63) is 28.2 Å². The molecule has 1 fully saturated rings. The molecule has 0 radical (unpaired) electrons. The molecule has 1 atom stereocenters. The Bertz CT molecular complexity index is 381. The summed E-state index contributed by atoms with van der Waals surface area (Å²) in [5.74, 6) is 0.275. The summed E-state index contributed by atoms with van der Waals surface area (Å²) in [7, 11) is 0. The summed E-state index contributed by atoms with van der Waals surface area (Å²) in [4.78, 5) is 0. The summed E-state index contributed by atoms with van der Waals surface area (Å²) in [6, 6.07) is 5.51. The van der Waals surface area contributed by atoms with Crippen molar-refractivity contribution in [2.75, 3.05) is 6.54 Å². The lowest BCUT2D eigenvalue weighted by Crippen LogP contribution is -2.24. The minimum Gasteiger partial charge on any atom is -0.435 e. The molecule has 0 spiro atoms. The van der Waals surface area contributed by atoms with E-state index in [0.29, 0.717) is 6.04 Å². The van der Waals surface area contributed by atoms with Crippen LogP contribution >= 0.6 is 15.9 Å². The molecule has 0 aromatic heterocycles. The first-order valence-corrected chi connectivity index (χ1v) is 6.41. The molecule has 1 aliphatic rings. The fourth-order valence-corrected chi connectivity index (χ4v) is 2.52. The van der Waals surface area contributed by atoms with Crippen LogP contribution in [0.1, 0.15) is 18.4 Å². The van der Waals surface area contributed by atoms with E-state index in [0.717, 1.165) is 35.8 Å². The van der Waals surface area contributed by atoms with Crippen molar-refractivity contribution in [3.63, 3.8) is 0 Å². The number of nitrogens with one attached hydrogen (secondary N) is 1. The van der Waals surface area contributed by atoms with Crippen LogP contribution in [0.4, 0.5) is 8.78 Å². The Labute approximate surface area is 107 Å². The van der Waals surface area contributed by atoms with Crippen molar-refractivity contribution in [1.29, 1.82) is 0 Å². The van der Waals surface area contributed by atoms with Crippen LogP contribution in [0.3, 0.4) is 0 Å². The fourth-order valence-electron chi connectivity index (χ4n) is 2.11. The van der Waals surface area contributed by atoms with Crippen molar-refractivity contribution in [2.24, 2.45) is 0 Å². The summed E-state index contributed by atoms with van der Waals surface area (Å²) in [5, 5.41) is 3.35. The molecule has 0 bridgehead atoms. The molecule has 0 aliphatic carbocycles. The molecule has 1 aromatic carbocycles. The van der Waals surface area contributed by atoms with Gasteiger partial charge in [-0.3, -0.25) is 0 Å². The van der Waals surface area contributed by atoms with Gasteiger partial charge in [0.05, 0.1) is 0 Å². The van der Waals surface area contributed by atoms with Crippen molar-refractivity contribution in [3.8, 4) is 5.75 Å². The maximum atomic E-state index is 12.3. The van der Waals surface area contributed by atoms with E-state index in [1.54, 1.807) is 12.1 Å². The van der Waals surface area contributed by atoms with Crippen LogP contribution in [0.25, 0.3) is 0 Å². The Morgan fingerprint density at radius 2 is 2.29 bits per heavy atom. The predicted molar refractivity (Wildman–Crippen MR) is 65.5 cm³/mol. The molecule has 17 heavy (non-hydrogen) atoms. The monoisotopic (exact) mass is 305 g/mol. The number of ether oxygens (including phenoxy) is 1. The van der Waals surface area contributed by atoms with Gasteiger partial charge >= 0.3 is 6.61 Å². The van der Waals surface area contributed by atoms with Gasteiger partial charge in [-0.05, 0) is 49.6 Å². The third-order valence-corrected chi connectivity index (χ3v) is 3.36. The summed E-state index contributed by atoms with van der Waals surface area (Å²) >= 11 is 3.35. The van der Waals surface area contributed by atoms with Gasteiger partial charge in [0.2, 0.25) is 0 Å². The van der Waals surface area contributed by atoms with Gasteiger partial charge in [0.15, 0.2) is 0 Å². The molecule has 0 amide bonds. The van der Waals surface area contributed by atoms with E-state index in [2.05, 4.69) is 26.0 Å².